The molecule has 2 amide bonds. The van der Waals surface area contributed by atoms with Crippen LogP contribution in [-0.2, 0) is 29.8 Å². The number of carbonyl (C=O) groups excluding carboxylic acids is 3. The summed E-state index contributed by atoms with van der Waals surface area (Å²) in [5.74, 6) is -0.236. The van der Waals surface area contributed by atoms with Crippen LogP contribution in [0.5, 0.6) is 5.75 Å². The predicted octanol–water partition coefficient (Wildman–Crippen LogP) is 2.50. The highest BCUT2D eigenvalue weighted by Gasteiger charge is 2.43. The number of benzene rings is 1. The summed E-state index contributed by atoms with van der Waals surface area (Å²) in [6.07, 6.45) is 4.97. The molecule has 246 valence electrons. The zero-order valence-corrected chi connectivity index (χ0v) is 26.2. The lowest BCUT2D eigenvalue weighted by Crippen LogP contribution is -2.50. The third kappa shape index (κ3) is 5.00. The predicted molar refractivity (Wildman–Crippen MR) is 173 cm³/mol. The molecule has 1 atom stereocenters. The van der Waals surface area contributed by atoms with Crippen LogP contribution in [0.4, 0.5) is 10.7 Å². The zero-order valence-electron chi connectivity index (χ0n) is 26.2. The molecule has 0 spiro atoms. The van der Waals surface area contributed by atoms with E-state index >= 15 is 0 Å². The summed E-state index contributed by atoms with van der Waals surface area (Å²) in [7, 11) is 0. The van der Waals surface area contributed by atoms with Crippen molar-refractivity contribution in [3.8, 4) is 17.1 Å². The van der Waals surface area contributed by atoms with Crippen LogP contribution in [0.2, 0.25) is 0 Å². The Balaban J connectivity index is 1.13. The molecule has 1 saturated heterocycles. The van der Waals surface area contributed by atoms with Gasteiger partial charge in [0.15, 0.2) is 5.78 Å². The molecular weight excluding hydrogens is 618 g/mol. The molecule has 2 aliphatic heterocycles. The molecule has 5 heterocycles. The van der Waals surface area contributed by atoms with E-state index in [9.17, 15) is 24.3 Å². The standard InChI is InChI=1S/C34H33N7O7/c1-3-5-21-23-14-20(48-33(45)40-12-10-39(11-13-40)32-35-16-19(17-36-32)30(43)38-47)6-8-26(23)37-29-24(21)18-41-27(29)15-25-22(31(41)44)7-9-28(42)34(25,46)4-2/h3,6,8,14-17,46-47H,1,4-5,7,9-13,18H2,2H3,(H,38,43)/t34-/m0/s1. The van der Waals surface area contributed by atoms with E-state index in [2.05, 4.69) is 16.5 Å². The Hall–Kier alpha value is -5.47. The minimum atomic E-state index is -1.70. The number of anilines is 1. The van der Waals surface area contributed by atoms with E-state index in [4.69, 9.17) is 14.9 Å². The monoisotopic (exact) mass is 651 g/mol. The number of ketones is 1. The number of carbonyl (C=O) groups is 3. The van der Waals surface area contributed by atoms with Crippen LogP contribution in [0.3, 0.4) is 0 Å². The molecule has 0 bridgehead atoms. The van der Waals surface area contributed by atoms with E-state index in [0.29, 0.717) is 72.3 Å². The number of fused-ring (bicyclic) bond motifs is 5. The van der Waals surface area contributed by atoms with E-state index in [-0.39, 0.29) is 42.7 Å². The van der Waals surface area contributed by atoms with Gasteiger partial charge in [0, 0.05) is 67.1 Å². The maximum absolute atomic E-state index is 13.7. The maximum atomic E-state index is 13.7. The molecule has 0 saturated carbocycles. The van der Waals surface area contributed by atoms with Crippen LogP contribution in [0.15, 0.2) is 54.1 Å². The third-order valence-corrected chi connectivity index (χ3v) is 9.53. The number of rotatable bonds is 6. The second-order valence-electron chi connectivity index (χ2n) is 12.1. The molecule has 0 unspecified atom stereocenters. The summed E-state index contributed by atoms with van der Waals surface area (Å²) in [4.78, 5) is 68.0. The van der Waals surface area contributed by atoms with Crippen LogP contribution in [0.25, 0.3) is 22.3 Å². The average molecular weight is 652 g/mol. The summed E-state index contributed by atoms with van der Waals surface area (Å²) in [5.41, 5.74) is 4.16. The molecule has 14 nitrogen and oxygen atoms in total. The van der Waals surface area contributed by atoms with E-state index < -0.39 is 17.6 Å². The number of aliphatic hydroxyl groups is 1. The van der Waals surface area contributed by atoms with Gasteiger partial charge < -0.3 is 24.2 Å². The van der Waals surface area contributed by atoms with Crippen molar-refractivity contribution in [2.45, 2.75) is 44.8 Å². The Morgan fingerprint density at radius 1 is 1.08 bits per heavy atom. The Morgan fingerprint density at radius 3 is 2.52 bits per heavy atom. The number of Topliss-reactive ketones (excluding diaryl/α,β-unsaturated/α-hetero) is 1. The van der Waals surface area contributed by atoms with E-state index in [1.165, 1.54) is 12.4 Å². The largest absolute Gasteiger partial charge is 0.415 e. The lowest BCUT2D eigenvalue weighted by Gasteiger charge is -2.34. The highest BCUT2D eigenvalue weighted by atomic mass is 16.6. The fourth-order valence-electron chi connectivity index (χ4n) is 6.89. The van der Waals surface area contributed by atoms with Gasteiger partial charge in [0.1, 0.15) is 11.4 Å². The van der Waals surface area contributed by atoms with Gasteiger partial charge in [-0.15, -0.1) is 6.58 Å². The van der Waals surface area contributed by atoms with Crippen molar-refractivity contribution in [3.63, 3.8) is 0 Å². The van der Waals surface area contributed by atoms with Gasteiger partial charge in [-0.05, 0) is 49.1 Å². The molecule has 3 aliphatic rings. The minimum Gasteiger partial charge on any atom is -0.410 e. The van der Waals surface area contributed by atoms with Crippen molar-refractivity contribution in [2.24, 2.45) is 0 Å². The number of piperazine rings is 1. The molecule has 48 heavy (non-hydrogen) atoms. The SMILES string of the molecule is C=CCc1c2c(nc3ccc(OC(=O)N4CCN(c5ncc(C(=O)NO)cn5)CC4)cc13)-c1cc3c(c(=O)n1C2)CCC(=O)[C@]3(O)CC. The summed E-state index contributed by atoms with van der Waals surface area (Å²) < 4.78 is 7.47. The first-order valence-corrected chi connectivity index (χ1v) is 15.7. The number of hydroxylamine groups is 1. The number of amides is 2. The van der Waals surface area contributed by atoms with E-state index in [1.807, 2.05) is 4.90 Å². The van der Waals surface area contributed by atoms with Gasteiger partial charge >= 0.3 is 6.09 Å². The maximum Gasteiger partial charge on any atom is 0.415 e. The molecular formula is C34H33N7O7. The smallest absolute Gasteiger partial charge is 0.410 e. The molecule has 7 rings (SSSR count). The second kappa shape index (κ2) is 12.0. The molecule has 1 aromatic carbocycles. The van der Waals surface area contributed by atoms with Crippen molar-refractivity contribution in [3.05, 3.63) is 87.5 Å². The molecule has 3 N–H and O–H groups in total. The summed E-state index contributed by atoms with van der Waals surface area (Å²) in [6, 6.07) is 6.98. The van der Waals surface area contributed by atoms with Crippen molar-refractivity contribution >= 4 is 34.6 Å². The van der Waals surface area contributed by atoms with Crippen LogP contribution >= 0.6 is 0 Å². The Kier molecular flexibility index (Phi) is 7.76. The van der Waals surface area contributed by atoms with Crippen LogP contribution in [0, 0.1) is 0 Å². The summed E-state index contributed by atoms with van der Waals surface area (Å²) in [5, 5.41) is 20.9. The molecule has 4 aromatic rings. The average Bonchev–Trinajstić information content (AvgIpc) is 3.48. The van der Waals surface area contributed by atoms with Crippen molar-refractivity contribution in [2.75, 3.05) is 31.1 Å². The van der Waals surface area contributed by atoms with Crippen LogP contribution in [0.1, 0.15) is 52.4 Å². The first-order chi connectivity index (χ1) is 23.2. The quantitative estimate of drug-likeness (QED) is 0.139. The highest BCUT2D eigenvalue weighted by Crippen LogP contribution is 2.41. The van der Waals surface area contributed by atoms with Crippen molar-refractivity contribution in [1.29, 1.82) is 0 Å². The number of hydrogen-bond donors (Lipinski definition) is 3. The molecule has 14 heteroatoms. The number of allylic oxidation sites excluding steroid dienone is 1. The Bertz CT molecular complexity index is 2070. The Morgan fingerprint density at radius 2 is 1.83 bits per heavy atom. The van der Waals surface area contributed by atoms with Gasteiger partial charge in [-0.2, -0.15) is 0 Å². The molecule has 1 aliphatic carbocycles. The second-order valence-corrected chi connectivity index (χ2v) is 12.1. The first-order valence-electron chi connectivity index (χ1n) is 15.7. The Labute approximate surface area is 274 Å². The van der Waals surface area contributed by atoms with Crippen molar-refractivity contribution < 1.29 is 29.4 Å². The fraction of sp³-hybridized carbons (Fsp3) is 0.324. The lowest BCUT2D eigenvalue weighted by atomic mass is 9.77. The number of nitrogens with one attached hydrogen (secondary N) is 1. The molecule has 1 fully saturated rings. The van der Waals surface area contributed by atoms with Gasteiger partial charge in [-0.1, -0.05) is 13.0 Å². The van der Waals surface area contributed by atoms with Gasteiger partial charge in [0.25, 0.3) is 11.5 Å². The number of aromatic nitrogens is 4. The third-order valence-electron chi connectivity index (χ3n) is 9.53. The minimum absolute atomic E-state index is 0.120. The van der Waals surface area contributed by atoms with Gasteiger partial charge in [0.05, 0.1) is 29.0 Å². The van der Waals surface area contributed by atoms with Gasteiger partial charge in [0.2, 0.25) is 5.95 Å². The summed E-state index contributed by atoms with van der Waals surface area (Å²) >= 11 is 0. The van der Waals surface area contributed by atoms with Crippen LogP contribution in [-0.4, -0.2) is 78.7 Å². The molecule has 3 aromatic heterocycles. The zero-order chi connectivity index (χ0) is 33.7. The summed E-state index contributed by atoms with van der Waals surface area (Å²) in [6.45, 7) is 7.59. The molecule has 0 radical (unpaired) electrons. The van der Waals surface area contributed by atoms with Crippen LogP contribution < -0.4 is 20.7 Å². The van der Waals surface area contributed by atoms with E-state index in [0.717, 1.165) is 16.5 Å². The fourth-order valence-corrected chi connectivity index (χ4v) is 6.89. The number of ether oxygens (including phenoxy) is 1. The van der Waals surface area contributed by atoms with Gasteiger partial charge in [-0.3, -0.25) is 19.6 Å². The topological polar surface area (TPSA) is 180 Å². The first kappa shape index (κ1) is 31.1. The highest BCUT2D eigenvalue weighted by molar-refractivity contribution is 5.93. The van der Waals surface area contributed by atoms with E-state index in [1.54, 1.807) is 52.2 Å². The number of pyridine rings is 2. The number of nitrogens with zero attached hydrogens (tertiary/aromatic N) is 6. The normalized spacial score (nSPS) is 18.3. The lowest BCUT2D eigenvalue weighted by molar-refractivity contribution is -0.140. The number of hydrogen-bond acceptors (Lipinski definition) is 11. The van der Waals surface area contributed by atoms with Crippen molar-refractivity contribution in [1.82, 2.24) is 29.9 Å². The van der Waals surface area contributed by atoms with Gasteiger partial charge in [-0.25, -0.2) is 25.2 Å².